The summed E-state index contributed by atoms with van der Waals surface area (Å²) >= 11 is 0. The lowest BCUT2D eigenvalue weighted by molar-refractivity contribution is -0.274. The maximum absolute atomic E-state index is 13.6. The van der Waals surface area contributed by atoms with Crippen molar-refractivity contribution in [1.29, 1.82) is 0 Å². The molecule has 3 amide bonds. The van der Waals surface area contributed by atoms with E-state index in [1.54, 1.807) is 36.5 Å². The van der Waals surface area contributed by atoms with Gasteiger partial charge >= 0.3 is 6.36 Å². The van der Waals surface area contributed by atoms with Crippen molar-refractivity contribution in [3.05, 3.63) is 151 Å². The number of likely N-dealkylation sites (tertiary alicyclic amines) is 1. The summed E-state index contributed by atoms with van der Waals surface area (Å²) in [6.45, 7) is 8.95. The number of piperidine rings is 1. The van der Waals surface area contributed by atoms with E-state index in [0.29, 0.717) is 119 Å². The highest BCUT2D eigenvalue weighted by Crippen LogP contribution is 2.40. The molecule has 6 aromatic carbocycles. The van der Waals surface area contributed by atoms with Gasteiger partial charge in [0.1, 0.15) is 28.7 Å². The largest absolute Gasteiger partial charge is 0.573 e. The van der Waals surface area contributed by atoms with Crippen molar-refractivity contribution in [3.8, 4) is 62.9 Å². The third kappa shape index (κ3) is 22.2. The number of nitrogens with one attached hydrogen (secondary N) is 3. The highest BCUT2D eigenvalue weighted by atomic mass is 32.2. The van der Waals surface area contributed by atoms with Gasteiger partial charge in [0.05, 0.1) is 61.3 Å². The summed E-state index contributed by atoms with van der Waals surface area (Å²) in [7, 11) is -9.14. The maximum atomic E-state index is 13.6. The molecule has 0 spiro atoms. The molecular weight excluding hydrogens is 1610 g/mol. The number of hydroxylamine groups is 3. The molecule has 0 unspecified atom stereocenters. The Kier molecular flexibility index (Phi) is 31.2. The minimum atomic E-state index is -4.78. The van der Waals surface area contributed by atoms with E-state index in [2.05, 4.69) is 77.1 Å². The van der Waals surface area contributed by atoms with Crippen molar-refractivity contribution in [2.24, 2.45) is 5.92 Å². The standard InChI is InChI=1S/C27H35N5O6S.C26H31F3N6O7S.C23H27N5O7S/c1-20(2)4-5-21-6-8-22(9-7-21)25-28-31-32(29-25)16-3-17-38-23-10-12-24(13-11-23)39(35,36)27(26(33)30-34)14-18-37-19-15-27;1-40-18-16-34-14-11-25(12-15-34,24(36)32-37)43(38,39)22-9-7-20(8-10-22)41-17-2-13-35-31-23(30-33-35)19-3-5-21(6-4-19)42-26(27,28)29;1-33-18-5-3-17(4-6-18)21-24-26-27-28(21)13-2-14-35-19-7-9-20(10-8-19)36(31,32)23(22(29)25-30)11-15-34-16-12-23/h6-13,20,34H,3-5,14-19H2,1-2H3,(H,30,33);3-10,37H,2,11-18H2,1H3,(H,32,36);3-10,30H,2,11-16H2,1H3,(H,25,29). The van der Waals surface area contributed by atoms with Crippen LogP contribution in [0.5, 0.6) is 28.7 Å². The molecule has 3 aliphatic rings. The molecule has 118 heavy (non-hydrogen) atoms. The van der Waals surface area contributed by atoms with Crippen molar-refractivity contribution in [2.45, 2.75) is 139 Å². The number of carbonyl (C=O) groups is 3. The van der Waals surface area contributed by atoms with Gasteiger partial charge in [0, 0.05) is 95.7 Å². The zero-order valence-corrected chi connectivity index (χ0v) is 67.5. The molecule has 0 saturated carbocycles. The van der Waals surface area contributed by atoms with Crippen LogP contribution in [-0.2, 0) is 84.2 Å². The number of carbonyl (C=O) groups excluding carboxylic acids is 3. The summed E-state index contributed by atoms with van der Waals surface area (Å²) in [6, 6.07) is 38.3. The topological polar surface area (TPSA) is 458 Å². The molecule has 3 aliphatic heterocycles. The second-order valence-electron chi connectivity index (χ2n) is 28.0. The fraction of sp³-hybridized carbons (Fsp3) is 0.447. The van der Waals surface area contributed by atoms with Crippen molar-refractivity contribution in [1.82, 2.24) is 82.0 Å². The first-order valence-corrected chi connectivity index (χ1v) is 42.1. The summed E-state index contributed by atoms with van der Waals surface area (Å²) in [4.78, 5) is 42.1. The molecule has 636 valence electrons. The fourth-order valence-electron chi connectivity index (χ4n) is 13.2. The van der Waals surface area contributed by atoms with Gasteiger partial charge in [-0.25, -0.2) is 46.4 Å². The lowest BCUT2D eigenvalue weighted by Gasteiger charge is -2.39. The van der Waals surface area contributed by atoms with E-state index in [-0.39, 0.29) is 97.8 Å². The minimum absolute atomic E-state index is 0.0134. The monoisotopic (exact) mass is 1700 g/mol. The Morgan fingerprint density at radius 2 is 0.864 bits per heavy atom. The second-order valence-corrected chi connectivity index (χ2v) is 34.7. The molecule has 3 fully saturated rings. The third-order valence-corrected chi connectivity index (χ3v) is 27.6. The number of sulfone groups is 3. The number of aryl methyl sites for hydroxylation is 4. The number of ether oxygens (including phenoxy) is 8. The summed E-state index contributed by atoms with van der Waals surface area (Å²) in [6.07, 6.45) is -1.04. The van der Waals surface area contributed by atoms with Gasteiger partial charge in [0.2, 0.25) is 11.6 Å². The SMILES string of the molecule is CC(C)CCc1ccc(-c2nnn(CCCOc3ccc(S(=O)(=O)C4(C(=O)NO)CCOCC4)cc3)n2)cc1.COCCN1CCC(C(=O)NO)(S(=O)(=O)c2ccc(OCCCn3nnc(-c4ccc(OC(F)(F)F)cc4)n3)cc2)CC1.COc1ccc(-c2nnnn2CCCOc2ccc(S(=O)(=O)C3(C(=O)NO)CCOCC3)cc2)cc1. The summed E-state index contributed by atoms with van der Waals surface area (Å²) in [5, 5.41) is 64.3. The van der Waals surface area contributed by atoms with E-state index in [9.17, 15) is 63.2 Å². The number of rotatable bonds is 35. The Balaban J connectivity index is 0.000000187. The zero-order chi connectivity index (χ0) is 84.6. The molecule has 0 aliphatic carbocycles. The number of hydrogen-bond donors (Lipinski definition) is 6. The van der Waals surface area contributed by atoms with E-state index >= 15 is 0 Å². The van der Waals surface area contributed by atoms with Crippen LogP contribution < -0.4 is 40.1 Å². The fourth-order valence-corrected chi connectivity index (χ4v) is 19.1. The Hall–Kier alpha value is -10.7. The smallest absolute Gasteiger partial charge is 0.497 e. The Morgan fingerprint density at radius 3 is 1.25 bits per heavy atom. The average Bonchev–Trinajstić information content (AvgIpc) is 1.32. The van der Waals surface area contributed by atoms with E-state index in [1.807, 2.05) is 41.3 Å². The number of nitrogens with zero attached hydrogens (tertiary/aromatic N) is 13. The molecule has 36 nitrogen and oxygen atoms in total. The molecule has 42 heteroatoms. The number of benzene rings is 6. The number of amides is 3. The Morgan fingerprint density at radius 1 is 0.483 bits per heavy atom. The maximum Gasteiger partial charge on any atom is 0.573 e. The van der Waals surface area contributed by atoms with E-state index in [1.165, 1.54) is 98.9 Å². The van der Waals surface area contributed by atoms with Crippen LogP contribution in [-0.4, -0.2) is 231 Å². The van der Waals surface area contributed by atoms with Gasteiger partial charge < -0.3 is 42.8 Å². The van der Waals surface area contributed by atoms with Gasteiger partial charge in [0.15, 0.2) is 49.6 Å². The van der Waals surface area contributed by atoms with Crippen molar-refractivity contribution in [3.63, 3.8) is 0 Å². The van der Waals surface area contributed by atoms with Gasteiger partial charge in [0.25, 0.3) is 17.7 Å². The van der Waals surface area contributed by atoms with Gasteiger partial charge in [-0.05, 0) is 205 Å². The predicted molar refractivity (Wildman–Crippen MR) is 413 cm³/mol. The molecule has 9 aromatic rings. The molecule has 0 bridgehead atoms. The first-order chi connectivity index (χ1) is 56.6. The average molecular weight is 1700 g/mol. The zero-order valence-electron chi connectivity index (χ0n) is 65.1. The van der Waals surface area contributed by atoms with Crippen molar-refractivity contribution < 1.29 is 106 Å². The second kappa shape index (κ2) is 41.1. The summed E-state index contributed by atoms with van der Waals surface area (Å²) in [5.41, 5.74) is 8.10. The molecule has 3 aromatic heterocycles. The number of aromatic nitrogens is 12. The van der Waals surface area contributed by atoms with Crippen LogP contribution >= 0.6 is 0 Å². The molecule has 6 N–H and O–H groups in total. The molecular formula is C76H93F3N16O20S3. The van der Waals surface area contributed by atoms with Gasteiger partial charge in [-0.15, -0.1) is 38.7 Å². The van der Waals surface area contributed by atoms with Crippen molar-refractivity contribution >= 4 is 47.2 Å². The minimum Gasteiger partial charge on any atom is -0.497 e. The molecule has 12 rings (SSSR count). The lowest BCUT2D eigenvalue weighted by Crippen LogP contribution is -2.57. The quantitative estimate of drug-likeness (QED) is 0.0128. The highest BCUT2D eigenvalue weighted by molar-refractivity contribution is 7.94. The molecule has 0 radical (unpaired) electrons. The summed E-state index contributed by atoms with van der Waals surface area (Å²) in [5.74, 6) is 0.982. The van der Waals surface area contributed by atoms with Crippen LogP contribution in [0.2, 0.25) is 0 Å². The molecule has 3 saturated heterocycles. The number of hydrogen-bond acceptors (Lipinski definition) is 30. The first-order valence-electron chi connectivity index (χ1n) is 37.7. The number of methoxy groups -OCH3 is 2. The van der Waals surface area contributed by atoms with E-state index < -0.39 is 67.8 Å². The predicted octanol–water partition coefficient (Wildman–Crippen LogP) is 7.34. The van der Waals surface area contributed by atoms with Gasteiger partial charge in [-0.3, -0.25) is 30.0 Å². The Labute approximate surface area is 678 Å². The third-order valence-electron chi connectivity index (χ3n) is 20.0. The first kappa shape index (κ1) is 89.6. The van der Waals surface area contributed by atoms with Crippen LogP contribution in [0.3, 0.4) is 0 Å². The van der Waals surface area contributed by atoms with Crippen LogP contribution in [0.25, 0.3) is 34.2 Å². The molecule has 0 atom stereocenters. The Bertz CT molecular complexity index is 5070. The van der Waals surface area contributed by atoms with E-state index in [4.69, 9.17) is 38.4 Å². The van der Waals surface area contributed by atoms with Crippen LogP contribution in [0.4, 0.5) is 13.2 Å². The van der Waals surface area contributed by atoms with Crippen LogP contribution in [0, 0.1) is 5.92 Å². The van der Waals surface area contributed by atoms with E-state index in [0.717, 1.165) is 41.9 Å². The van der Waals surface area contributed by atoms with Crippen molar-refractivity contribution in [2.75, 3.05) is 86.7 Å². The van der Waals surface area contributed by atoms with Crippen LogP contribution in [0.15, 0.2) is 160 Å². The lowest BCUT2D eigenvalue weighted by atomic mass is 9.95. The normalized spacial score (nSPS) is 15.4. The highest BCUT2D eigenvalue weighted by Gasteiger charge is 2.55. The number of alkyl halides is 3. The van der Waals surface area contributed by atoms with Crippen LogP contribution in [0.1, 0.15) is 83.6 Å². The number of tetrazole rings is 3. The summed E-state index contributed by atoms with van der Waals surface area (Å²) < 4.78 is 156. The van der Waals surface area contributed by atoms with Gasteiger partial charge in [-0.1, -0.05) is 38.1 Å². The van der Waals surface area contributed by atoms with Gasteiger partial charge in [-0.2, -0.15) is 9.59 Å². The molecule has 6 heterocycles. The number of halogens is 3.